The van der Waals surface area contributed by atoms with E-state index in [1.165, 1.54) is 10.9 Å². The maximum atomic E-state index is 12.8. The lowest BCUT2D eigenvalue weighted by molar-refractivity contribution is 0.193. The van der Waals surface area contributed by atoms with Gasteiger partial charge in [0, 0.05) is 44.2 Å². The fourth-order valence-corrected chi connectivity index (χ4v) is 4.70. The molecule has 0 spiro atoms. The van der Waals surface area contributed by atoms with Crippen LogP contribution < -0.4 is 5.56 Å². The third-order valence-corrected chi connectivity index (χ3v) is 6.06. The average molecular weight is 378 g/mol. The average Bonchev–Trinajstić information content (AvgIpc) is 2.99. The molecule has 4 heterocycles. The number of aromatic nitrogens is 3. The van der Waals surface area contributed by atoms with Crippen molar-refractivity contribution in [2.24, 2.45) is 0 Å². The van der Waals surface area contributed by atoms with E-state index in [-0.39, 0.29) is 5.56 Å². The van der Waals surface area contributed by atoms with E-state index < -0.39 is 6.10 Å². The summed E-state index contributed by atoms with van der Waals surface area (Å²) in [5.74, 6) is 0. The Morgan fingerprint density at radius 3 is 2.93 bits per heavy atom. The fourth-order valence-electron chi connectivity index (χ4n) is 4.70. The van der Waals surface area contributed by atoms with Gasteiger partial charge in [-0.2, -0.15) is 5.10 Å². The van der Waals surface area contributed by atoms with Crippen LogP contribution in [0.2, 0.25) is 0 Å². The number of hydrogen-bond donors (Lipinski definition) is 1. The van der Waals surface area contributed by atoms with Crippen molar-refractivity contribution in [1.82, 2.24) is 19.2 Å². The minimum absolute atomic E-state index is 0.117. The van der Waals surface area contributed by atoms with Gasteiger partial charge in [0.05, 0.1) is 23.0 Å². The molecule has 2 aromatic heterocycles. The van der Waals surface area contributed by atoms with Crippen LogP contribution in [0.1, 0.15) is 48.4 Å². The predicted octanol–water partition coefficient (Wildman–Crippen LogP) is 2.60. The van der Waals surface area contributed by atoms with Gasteiger partial charge >= 0.3 is 0 Å². The Morgan fingerprint density at radius 1 is 1.18 bits per heavy atom. The number of aliphatic hydroxyl groups excluding tert-OH is 1. The van der Waals surface area contributed by atoms with Crippen LogP contribution in [-0.2, 0) is 32.6 Å². The molecule has 6 nitrogen and oxygen atoms in total. The molecule has 3 aromatic rings. The van der Waals surface area contributed by atoms with Crippen LogP contribution in [0.5, 0.6) is 0 Å². The van der Waals surface area contributed by atoms with Gasteiger partial charge in [-0.1, -0.05) is 18.2 Å². The van der Waals surface area contributed by atoms with Gasteiger partial charge < -0.3 is 9.67 Å². The van der Waals surface area contributed by atoms with Gasteiger partial charge in [-0.05, 0) is 43.4 Å². The molecule has 0 saturated heterocycles. The zero-order valence-electron chi connectivity index (χ0n) is 16.3. The summed E-state index contributed by atoms with van der Waals surface area (Å²) in [5, 5.41) is 15.6. The van der Waals surface area contributed by atoms with Crippen LogP contribution in [-0.4, -0.2) is 30.9 Å². The van der Waals surface area contributed by atoms with Crippen LogP contribution >= 0.6 is 0 Å². The first kappa shape index (κ1) is 17.6. The molecule has 2 aliphatic heterocycles. The number of aryl methyl sites for hydroxylation is 3. The summed E-state index contributed by atoms with van der Waals surface area (Å²) in [7, 11) is 0. The highest BCUT2D eigenvalue weighted by molar-refractivity contribution is 5.86. The Morgan fingerprint density at radius 2 is 2.07 bits per heavy atom. The second kappa shape index (κ2) is 6.87. The highest BCUT2D eigenvalue weighted by atomic mass is 16.3. The number of pyridine rings is 1. The number of nitrogens with zero attached hydrogens (tertiary/aromatic N) is 4. The molecule has 1 aromatic carbocycles. The summed E-state index contributed by atoms with van der Waals surface area (Å²) in [4.78, 5) is 15.2. The van der Waals surface area contributed by atoms with E-state index in [9.17, 15) is 9.90 Å². The SMILES string of the molecule is CC(O)c1cc2n(n1)CCCN(Cc1cc(=O)n3c4c(cccc14)CCC3)C2. The van der Waals surface area contributed by atoms with Crippen molar-refractivity contribution in [3.05, 3.63) is 63.2 Å². The molecule has 1 unspecified atom stereocenters. The molecule has 0 amide bonds. The van der Waals surface area contributed by atoms with Gasteiger partial charge in [-0.25, -0.2) is 0 Å². The van der Waals surface area contributed by atoms with Gasteiger partial charge in [0.2, 0.25) is 0 Å². The Bertz CT molecular complexity index is 1100. The van der Waals surface area contributed by atoms with Gasteiger partial charge in [-0.15, -0.1) is 0 Å². The minimum Gasteiger partial charge on any atom is -0.387 e. The zero-order valence-corrected chi connectivity index (χ0v) is 16.3. The van der Waals surface area contributed by atoms with Crippen LogP contribution in [0.15, 0.2) is 35.1 Å². The van der Waals surface area contributed by atoms with Crippen molar-refractivity contribution in [1.29, 1.82) is 0 Å². The Kier molecular flexibility index (Phi) is 4.33. The molecule has 2 aliphatic rings. The normalized spacial score (nSPS) is 18.1. The molecule has 5 rings (SSSR count). The van der Waals surface area contributed by atoms with Crippen LogP contribution in [0.3, 0.4) is 0 Å². The molecule has 146 valence electrons. The van der Waals surface area contributed by atoms with E-state index >= 15 is 0 Å². The summed E-state index contributed by atoms with van der Waals surface area (Å²) in [6.07, 6.45) is 2.54. The molecule has 1 N–H and O–H groups in total. The molecule has 0 aliphatic carbocycles. The second-order valence-corrected chi connectivity index (χ2v) is 8.10. The molecule has 28 heavy (non-hydrogen) atoms. The van der Waals surface area contributed by atoms with E-state index in [0.29, 0.717) is 0 Å². The zero-order chi connectivity index (χ0) is 19.3. The Labute approximate surface area is 164 Å². The van der Waals surface area contributed by atoms with Crippen molar-refractivity contribution in [3.63, 3.8) is 0 Å². The maximum Gasteiger partial charge on any atom is 0.251 e. The largest absolute Gasteiger partial charge is 0.387 e. The molecule has 6 heteroatoms. The van der Waals surface area contributed by atoms with Crippen molar-refractivity contribution >= 4 is 10.9 Å². The highest BCUT2D eigenvalue weighted by Crippen LogP contribution is 2.27. The predicted molar refractivity (Wildman–Crippen MR) is 108 cm³/mol. The van der Waals surface area contributed by atoms with E-state index in [1.807, 2.05) is 21.4 Å². The smallest absolute Gasteiger partial charge is 0.251 e. The molecular formula is C22H26N4O2. The molecule has 0 bridgehead atoms. The summed E-state index contributed by atoms with van der Waals surface area (Å²) >= 11 is 0. The summed E-state index contributed by atoms with van der Waals surface area (Å²) in [6, 6.07) is 10.3. The first-order chi connectivity index (χ1) is 13.6. The van der Waals surface area contributed by atoms with Crippen LogP contribution in [0.4, 0.5) is 0 Å². The van der Waals surface area contributed by atoms with Gasteiger partial charge in [0.1, 0.15) is 0 Å². The lowest BCUT2D eigenvalue weighted by atomic mass is 9.98. The van der Waals surface area contributed by atoms with E-state index in [0.717, 1.165) is 74.5 Å². The van der Waals surface area contributed by atoms with Crippen LogP contribution in [0, 0.1) is 0 Å². The fraction of sp³-hybridized carbons (Fsp3) is 0.455. The summed E-state index contributed by atoms with van der Waals surface area (Å²) in [6.45, 7) is 5.94. The minimum atomic E-state index is -0.548. The lowest BCUT2D eigenvalue weighted by Gasteiger charge is -2.24. The second-order valence-electron chi connectivity index (χ2n) is 8.10. The maximum absolute atomic E-state index is 12.8. The van der Waals surface area contributed by atoms with Crippen LogP contribution in [0.25, 0.3) is 10.9 Å². The first-order valence-electron chi connectivity index (χ1n) is 10.2. The Balaban J connectivity index is 1.50. The first-order valence-corrected chi connectivity index (χ1v) is 10.2. The van der Waals surface area contributed by atoms with E-state index in [2.05, 4.69) is 28.2 Å². The monoisotopic (exact) mass is 378 g/mol. The van der Waals surface area contributed by atoms with Crippen molar-refractivity contribution in [3.8, 4) is 0 Å². The van der Waals surface area contributed by atoms with Crippen molar-refractivity contribution < 1.29 is 5.11 Å². The standard InChI is InChI=1S/C22H26N4O2/c1-15(27)20-12-18-14-24(8-4-10-26(18)23-20)13-17-11-21(28)25-9-3-6-16-5-2-7-19(17)22(16)25/h2,5,7,11-12,15,27H,3-4,6,8-10,13-14H2,1H3. The summed E-state index contributed by atoms with van der Waals surface area (Å²) in [5.41, 5.74) is 5.52. The third-order valence-electron chi connectivity index (χ3n) is 6.06. The topological polar surface area (TPSA) is 63.3 Å². The van der Waals surface area contributed by atoms with E-state index in [4.69, 9.17) is 0 Å². The van der Waals surface area contributed by atoms with Crippen molar-refractivity contribution in [2.75, 3.05) is 6.54 Å². The number of benzene rings is 1. The number of hydrogen-bond acceptors (Lipinski definition) is 4. The number of aliphatic hydroxyl groups is 1. The lowest BCUT2D eigenvalue weighted by Crippen LogP contribution is -2.28. The van der Waals surface area contributed by atoms with Gasteiger partial charge in [0.15, 0.2) is 0 Å². The van der Waals surface area contributed by atoms with Gasteiger partial charge in [0.25, 0.3) is 5.56 Å². The molecule has 0 fully saturated rings. The van der Waals surface area contributed by atoms with Gasteiger partial charge in [-0.3, -0.25) is 14.4 Å². The quantitative estimate of drug-likeness (QED) is 0.761. The molecule has 0 radical (unpaired) electrons. The Hall–Kier alpha value is -2.44. The summed E-state index contributed by atoms with van der Waals surface area (Å²) < 4.78 is 3.97. The molecular weight excluding hydrogens is 352 g/mol. The van der Waals surface area contributed by atoms with E-state index in [1.54, 1.807) is 6.92 Å². The highest BCUT2D eigenvalue weighted by Gasteiger charge is 2.21. The molecule has 1 atom stereocenters. The third kappa shape index (κ3) is 2.97. The van der Waals surface area contributed by atoms with Crippen molar-refractivity contribution in [2.45, 2.75) is 58.5 Å². The number of rotatable bonds is 3. The number of fused-ring (bicyclic) bond motifs is 1. The number of para-hydroxylation sites is 1. The molecule has 0 saturated carbocycles.